The highest BCUT2D eigenvalue weighted by Gasteiger charge is 2.33. The lowest BCUT2D eigenvalue weighted by Crippen LogP contribution is -2.26. The van der Waals surface area contributed by atoms with E-state index in [1.165, 1.54) is 93.4 Å². The number of carbonyl (C=O) groups is 6. The van der Waals surface area contributed by atoms with Gasteiger partial charge in [0.2, 0.25) is 5.95 Å². The first-order valence-electron chi connectivity index (χ1n) is 28.0. The minimum atomic E-state index is -0.922. The van der Waals surface area contributed by atoms with Crippen LogP contribution >= 0.6 is 0 Å². The summed E-state index contributed by atoms with van der Waals surface area (Å²) in [4.78, 5) is 103. The van der Waals surface area contributed by atoms with Gasteiger partial charge in [0.1, 0.15) is 11.5 Å². The highest BCUT2D eigenvalue weighted by atomic mass is 16.2. The molecular formula is C60H80N24O6. The van der Waals surface area contributed by atoms with Crippen LogP contribution in [0.4, 0.5) is 46.0 Å². The van der Waals surface area contributed by atoms with Gasteiger partial charge in [-0.2, -0.15) is 34.5 Å². The van der Waals surface area contributed by atoms with Crippen LogP contribution in [0.5, 0.6) is 0 Å². The van der Waals surface area contributed by atoms with Gasteiger partial charge in [0.05, 0.1) is 50.9 Å². The second kappa shape index (κ2) is 26.3. The van der Waals surface area contributed by atoms with Crippen molar-refractivity contribution in [1.82, 2.24) is 63.9 Å². The van der Waals surface area contributed by atoms with E-state index in [9.17, 15) is 34.2 Å². The molecule has 6 aromatic rings. The fourth-order valence-electron chi connectivity index (χ4n) is 8.32. The molecule has 0 saturated heterocycles. The maximum absolute atomic E-state index is 13.6. The Morgan fingerprint density at radius 2 is 0.778 bits per heavy atom. The first kappa shape index (κ1) is 68.4. The molecule has 0 radical (unpaired) electrons. The zero-order valence-electron chi connectivity index (χ0n) is 54.9. The van der Waals surface area contributed by atoms with E-state index < -0.39 is 34.0 Å². The van der Waals surface area contributed by atoms with E-state index in [4.69, 9.17) is 42.4 Å². The number of nitrogens with two attached hydrogens (primary N) is 3. The van der Waals surface area contributed by atoms with Gasteiger partial charge in [0, 0.05) is 118 Å². The molecule has 0 fully saturated rings. The average molecular weight is 1230 g/mol. The lowest BCUT2D eigenvalue weighted by atomic mass is 9.88. The SMILES string of the molecule is CN(C)C(=O)c1ccc(/N=N/C(C(=N)C(C)(C)C)=C(\N)Nc2nc(-n3nc(C(C)(C)C)c(/N=N/c4ccc(C(=O)N(C)C)cc4C(=O)N(C)C)c3N)nc(-n3nc(C(C)(C)C)c(/N=N/c4ccc(C(=O)N(C)C)cc4C(=O)N(C)C)c3N)n2)c(C(=O)N(C)C)c1. The van der Waals surface area contributed by atoms with Crippen LogP contribution in [0.3, 0.4) is 0 Å². The number of benzene rings is 3. The molecule has 6 rings (SSSR count). The first-order chi connectivity index (χ1) is 41.6. The Morgan fingerprint density at radius 3 is 1.07 bits per heavy atom. The molecule has 0 bridgehead atoms. The van der Waals surface area contributed by atoms with Crippen molar-refractivity contribution in [2.45, 2.75) is 73.1 Å². The van der Waals surface area contributed by atoms with Crippen LogP contribution in [-0.4, -0.2) is 190 Å². The van der Waals surface area contributed by atoms with Crippen molar-refractivity contribution in [1.29, 1.82) is 5.41 Å². The Kier molecular flexibility index (Phi) is 20.0. The van der Waals surface area contributed by atoms with Gasteiger partial charge < -0.3 is 57.3 Å². The van der Waals surface area contributed by atoms with E-state index in [-0.39, 0.29) is 126 Å². The fourth-order valence-corrected chi connectivity index (χ4v) is 8.32. The van der Waals surface area contributed by atoms with Crippen LogP contribution in [0, 0.1) is 10.8 Å². The van der Waals surface area contributed by atoms with Crippen LogP contribution in [0.15, 0.2) is 96.8 Å². The molecule has 6 amide bonds. The third kappa shape index (κ3) is 15.0. The quantitative estimate of drug-likeness (QED) is 0.0422. The molecule has 90 heavy (non-hydrogen) atoms. The van der Waals surface area contributed by atoms with Crippen LogP contribution in [0.25, 0.3) is 11.9 Å². The highest BCUT2D eigenvalue weighted by Crippen LogP contribution is 2.41. The first-order valence-corrected chi connectivity index (χ1v) is 28.0. The standard InChI is InChI=1S/C60H80N24O6/c1-58(2,3)43(61)40(72-69-37-25-22-31(49(85)77(10)11)28-34(37)52(88)80(16)17)46(62)65-55-66-56(83-47(63)41(44(75-83)59(4,5)6)73-70-38-26-23-32(50(86)78(12)13)29-35(38)53(89)81(18)19)68-57(67-55)84-48(64)42(45(76-84)60(7,8)9)74-71-39-27-24-33(51(87)79(14)15)30-36(39)54(90)82(20)21/h22-30,61H,62-64H2,1-21H3,(H,65,66,67,68)/b46-40+,61-43?,72-69+,73-70+,74-71+. The fraction of sp³-hybridized carbons (Fsp3) is 0.400. The molecule has 0 aliphatic heterocycles. The molecular weight excluding hydrogens is 1150 g/mol. The minimum Gasteiger partial charge on any atom is -0.383 e. The molecule has 3 heterocycles. The Labute approximate surface area is 522 Å². The van der Waals surface area contributed by atoms with E-state index in [0.717, 1.165) is 0 Å². The normalized spacial score (nSPS) is 12.3. The number of nitrogen functional groups attached to an aromatic ring is 2. The molecule has 0 spiro atoms. The Hall–Kier alpha value is -10.7. The Balaban J connectivity index is 1.66. The van der Waals surface area contributed by atoms with Crippen molar-refractivity contribution in [2.24, 2.45) is 41.8 Å². The van der Waals surface area contributed by atoms with Crippen LogP contribution in [0.1, 0.15) is 136 Å². The summed E-state index contributed by atoms with van der Waals surface area (Å²) in [6.45, 7) is 16.4. The van der Waals surface area contributed by atoms with Gasteiger partial charge in [-0.1, -0.05) is 62.3 Å². The van der Waals surface area contributed by atoms with E-state index in [2.05, 4.69) is 36.0 Å². The Morgan fingerprint density at radius 1 is 0.467 bits per heavy atom. The summed E-state index contributed by atoms with van der Waals surface area (Å²) < 4.78 is 2.36. The summed E-state index contributed by atoms with van der Waals surface area (Å²) in [7, 11) is 18.9. The second-order valence-electron chi connectivity index (χ2n) is 25.3. The van der Waals surface area contributed by atoms with Crippen LogP contribution in [0.2, 0.25) is 0 Å². The Bertz CT molecular complexity index is 3790. The van der Waals surface area contributed by atoms with Gasteiger partial charge >= 0.3 is 0 Å². The minimum absolute atomic E-state index is 0.0424. The summed E-state index contributed by atoms with van der Waals surface area (Å²) in [5.41, 5.74) is 20.1. The number of nitrogens with one attached hydrogen (secondary N) is 2. The number of rotatable bonds is 17. The van der Waals surface area contributed by atoms with Gasteiger partial charge in [-0.05, 0) is 54.6 Å². The molecule has 8 N–H and O–H groups in total. The van der Waals surface area contributed by atoms with Crippen molar-refractivity contribution < 1.29 is 28.8 Å². The van der Waals surface area contributed by atoms with Crippen molar-refractivity contribution in [3.8, 4) is 11.9 Å². The monoisotopic (exact) mass is 1230 g/mol. The van der Waals surface area contributed by atoms with Crippen LogP contribution < -0.4 is 22.5 Å². The average Bonchev–Trinajstić information content (AvgIpc) is 1.61. The number of azo groups is 3. The number of hydrogen-bond acceptors (Lipinski definition) is 22. The van der Waals surface area contributed by atoms with Gasteiger partial charge in [0.25, 0.3) is 47.3 Å². The summed E-state index contributed by atoms with van der Waals surface area (Å²) in [5, 5.41) is 49.4. The molecule has 3 aromatic carbocycles. The van der Waals surface area contributed by atoms with Crippen molar-refractivity contribution in [3.63, 3.8) is 0 Å². The zero-order chi connectivity index (χ0) is 67.6. The van der Waals surface area contributed by atoms with Crippen molar-refractivity contribution in [3.05, 3.63) is 111 Å². The van der Waals surface area contributed by atoms with Gasteiger partial charge in [0.15, 0.2) is 23.0 Å². The summed E-state index contributed by atoms with van der Waals surface area (Å²) in [6, 6.07) is 13.3. The van der Waals surface area contributed by atoms with Crippen molar-refractivity contribution in [2.75, 3.05) is 101 Å². The topological polar surface area (TPSA) is 384 Å². The van der Waals surface area contributed by atoms with E-state index in [1.807, 2.05) is 41.5 Å². The van der Waals surface area contributed by atoms with E-state index >= 15 is 0 Å². The number of allylic oxidation sites excluding steroid dienone is 1. The predicted molar refractivity (Wildman–Crippen MR) is 343 cm³/mol. The lowest BCUT2D eigenvalue weighted by molar-refractivity contribution is 0.0812. The van der Waals surface area contributed by atoms with Crippen LogP contribution in [-0.2, 0) is 10.8 Å². The number of carbonyl (C=O) groups excluding carboxylic acids is 6. The van der Waals surface area contributed by atoms with Gasteiger partial charge in [-0.3, -0.25) is 28.8 Å². The maximum Gasteiger partial charge on any atom is 0.259 e. The summed E-state index contributed by atoms with van der Waals surface area (Å²) in [6.07, 6.45) is 0. The number of amides is 6. The molecule has 30 nitrogen and oxygen atoms in total. The molecule has 0 saturated carbocycles. The zero-order valence-corrected chi connectivity index (χ0v) is 54.9. The van der Waals surface area contributed by atoms with E-state index in [1.54, 1.807) is 105 Å². The third-order valence-electron chi connectivity index (χ3n) is 13.3. The van der Waals surface area contributed by atoms with Crippen molar-refractivity contribution >= 4 is 87.2 Å². The largest absolute Gasteiger partial charge is 0.383 e. The number of nitrogens with zero attached hydrogens (tertiary/aromatic N) is 19. The molecule has 0 aliphatic rings. The second-order valence-corrected chi connectivity index (χ2v) is 25.3. The number of anilines is 3. The molecule has 0 aliphatic carbocycles. The molecule has 3 aromatic heterocycles. The predicted octanol–water partition coefficient (Wildman–Crippen LogP) is 8.43. The summed E-state index contributed by atoms with van der Waals surface area (Å²) >= 11 is 0. The molecule has 30 heteroatoms. The molecule has 476 valence electrons. The van der Waals surface area contributed by atoms with Gasteiger partial charge in [-0.15, -0.1) is 30.7 Å². The molecule has 0 unspecified atom stereocenters. The van der Waals surface area contributed by atoms with Gasteiger partial charge in [-0.25, -0.2) is 0 Å². The number of hydrogen-bond donors (Lipinski definition) is 5. The molecule has 0 atom stereocenters. The third-order valence-corrected chi connectivity index (χ3v) is 13.3. The highest BCUT2D eigenvalue weighted by molar-refractivity contribution is 6.05. The lowest BCUT2D eigenvalue weighted by Gasteiger charge is -2.21. The maximum atomic E-state index is 13.6. The van der Waals surface area contributed by atoms with E-state index in [0.29, 0.717) is 11.4 Å². The summed E-state index contributed by atoms with van der Waals surface area (Å²) in [5.74, 6) is -3.83. The smallest absolute Gasteiger partial charge is 0.259 e. The number of aromatic nitrogens is 7.